The second kappa shape index (κ2) is 7.73. The number of thioether (sulfide) groups is 1. The van der Waals surface area contributed by atoms with Crippen LogP contribution in [-0.2, 0) is 6.42 Å². The largest absolute Gasteiger partial charge is 0.319 e. The van der Waals surface area contributed by atoms with Crippen LogP contribution in [0.2, 0.25) is 0 Å². The Labute approximate surface area is 142 Å². The summed E-state index contributed by atoms with van der Waals surface area (Å²) in [6.45, 7) is 0.797. The Balaban J connectivity index is 1.84. The molecule has 1 aromatic heterocycles. The molecule has 0 bridgehead atoms. The number of rotatable bonds is 6. The second-order valence-corrected chi connectivity index (χ2v) is 6.44. The Morgan fingerprint density at radius 3 is 3.17 bits per heavy atom. The molecule has 0 fully saturated rings. The number of nitrogens with zero attached hydrogens (tertiary/aromatic N) is 3. The molecule has 0 radical (unpaired) electrons. The summed E-state index contributed by atoms with van der Waals surface area (Å²) in [7, 11) is 1.86. The molecule has 1 aliphatic rings. The van der Waals surface area contributed by atoms with Crippen molar-refractivity contribution in [3.8, 4) is 0 Å². The highest BCUT2D eigenvalue weighted by atomic mass is 32.2. The Bertz CT molecular complexity index is 736. The number of hydrogen-bond donors (Lipinski definition) is 3. The van der Waals surface area contributed by atoms with Crippen molar-refractivity contribution in [1.29, 1.82) is 0 Å². The van der Waals surface area contributed by atoms with E-state index in [1.807, 2.05) is 7.05 Å². The van der Waals surface area contributed by atoms with Gasteiger partial charge in [-0.3, -0.25) is 15.7 Å². The van der Waals surface area contributed by atoms with Crippen LogP contribution in [0.25, 0.3) is 0 Å². The van der Waals surface area contributed by atoms with E-state index < -0.39 is 0 Å². The Hall–Kier alpha value is -1.97. The van der Waals surface area contributed by atoms with E-state index in [1.165, 1.54) is 23.9 Å². The quantitative estimate of drug-likeness (QED) is 0.241. The van der Waals surface area contributed by atoms with Gasteiger partial charge in [0.15, 0.2) is 16.6 Å². The number of nitrogens with one attached hydrogen (secondary N) is 2. The van der Waals surface area contributed by atoms with E-state index in [2.05, 4.69) is 26.1 Å². The third kappa shape index (κ3) is 3.58. The van der Waals surface area contributed by atoms with Crippen molar-refractivity contribution in [2.45, 2.75) is 23.9 Å². The van der Waals surface area contributed by atoms with Crippen LogP contribution in [0, 0.1) is 5.82 Å². The minimum Gasteiger partial charge on any atom is -0.319 e. The monoisotopic (exact) mass is 351 g/mol. The van der Waals surface area contributed by atoms with E-state index in [9.17, 15) is 9.60 Å². The summed E-state index contributed by atoms with van der Waals surface area (Å²) in [6.07, 6.45) is 1.57. The molecule has 1 aromatic carbocycles. The molecule has 0 amide bonds. The van der Waals surface area contributed by atoms with Gasteiger partial charge in [0.2, 0.25) is 0 Å². The lowest BCUT2D eigenvalue weighted by Crippen LogP contribution is -2.22. The standard InChI is InChI=1S/C15H18FN5O2S/c1-17-6-7-24-15-13(20-23-21-15)14(19-22)18-12-5-3-9-2-4-10(16)8-11(9)12/h2,4,8,12,17,22H,3,5-7H2,1H3,(H,18,19). The summed E-state index contributed by atoms with van der Waals surface area (Å²) in [5, 5.41) is 20.7. The highest BCUT2D eigenvalue weighted by Crippen LogP contribution is 2.35. The van der Waals surface area contributed by atoms with Gasteiger partial charge in [-0.05, 0) is 53.5 Å². The molecule has 1 aliphatic carbocycles. The molecule has 3 rings (SSSR count). The molecule has 7 nitrogen and oxygen atoms in total. The molecule has 1 heterocycles. The van der Waals surface area contributed by atoms with Crippen LogP contribution < -0.4 is 10.8 Å². The zero-order valence-corrected chi connectivity index (χ0v) is 13.9. The van der Waals surface area contributed by atoms with Crippen LogP contribution in [0.5, 0.6) is 0 Å². The van der Waals surface area contributed by atoms with Gasteiger partial charge in [0.05, 0.1) is 6.04 Å². The maximum atomic E-state index is 13.5. The number of benzene rings is 1. The molecular weight excluding hydrogens is 333 g/mol. The van der Waals surface area contributed by atoms with Crippen molar-refractivity contribution < 1.29 is 14.2 Å². The van der Waals surface area contributed by atoms with Crippen LogP contribution in [0.1, 0.15) is 29.3 Å². The fraction of sp³-hybridized carbons (Fsp3) is 0.400. The van der Waals surface area contributed by atoms with Gasteiger partial charge < -0.3 is 5.32 Å². The van der Waals surface area contributed by atoms with Crippen molar-refractivity contribution in [2.75, 3.05) is 19.3 Å². The molecule has 1 unspecified atom stereocenters. The number of hydroxylamine groups is 1. The van der Waals surface area contributed by atoms with Crippen LogP contribution in [-0.4, -0.2) is 40.7 Å². The Kier molecular flexibility index (Phi) is 5.44. The first kappa shape index (κ1) is 16.9. The molecule has 0 saturated heterocycles. The fourth-order valence-corrected chi connectivity index (χ4v) is 3.51. The first-order valence-corrected chi connectivity index (χ1v) is 8.58. The first-order chi connectivity index (χ1) is 11.7. The van der Waals surface area contributed by atoms with Crippen molar-refractivity contribution in [3.63, 3.8) is 0 Å². The zero-order valence-electron chi connectivity index (χ0n) is 13.1. The molecular formula is C15H18FN5O2S. The second-order valence-electron chi connectivity index (χ2n) is 5.36. The predicted molar refractivity (Wildman–Crippen MR) is 87.9 cm³/mol. The molecule has 0 aliphatic heterocycles. The van der Waals surface area contributed by atoms with Gasteiger partial charge in [0, 0.05) is 12.3 Å². The normalized spacial score (nSPS) is 17.1. The average Bonchev–Trinajstić information content (AvgIpc) is 3.20. The first-order valence-electron chi connectivity index (χ1n) is 7.59. The Morgan fingerprint density at radius 1 is 1.50 bits per heavy atom. The number of aromatic nitrogens is 2. The van der Waals surface area contributed by atoms with E-state index in [1.54, 1.807) is 6.07 Å². The van der Waals surface area contributed by atoms with Gasteiger partial charge in [-0.1, -0.05) is 17.8 Å². The van der Waals surface area contributed by atoms with Gasteiger partial charge >= 0.3 is 0 Å². The number of amidine groups is 1. The summed E-state index contributed by atoms with van der Waals surface area (Å²) in [5.41, 5.74) is 4.33. The number of aliphatic imine (C=N–C) groups is 1. The Morgan fingerprint density at radius 2 is 2.38 bits per heavy atom. The number of halogens is 1. The summed E-state index contributed by atoms with van der Waals surface area (Å²) in [5.74, 6) is 0.652. The molecule has 0 spiro atoms. The van der Waals surface area contributed by atoms with E-state index in [-0.39, 0.29) is 17.7 Å². The predicted octanol–water partition coefficient (Wildman–Crippen LogP) is 1.93. The molecule has 0 saturated carbocycles. The third-order valence-electron chi connectivity index (χ3n) is 3.82. The van der Waals surface area contributed by atoms with Crippen molar-refractivity contribution >= 4 is 17.6 Å². The molecule has 3 N–H and O–H groups in total. The summed E-state index contributed by atoms with van der Waals surface area (Å²) in [6, 6.07) is 4.49. The van der Waals surface area contributed by atoms with E-state index >= 15 is 0 Å². The van der Waals surface area contributed by atoms with E-state index in [0.717, 1.165) is 36.3 Å². The summed E-state index contributed by atoms with van der Waals surface area (Å²) >= 11 is 1.45. The highest BCUT2D eigenvalue weighted by Gasteiger charge is 2.25. The van der Waals surface area contributed by atoms with E-state index in [0.29, 0.717) is 10.7 Å². The smallest absolute Gasteiger partial charge is 0.185 e. The summed E-state index contributed by atoms with van der Waals surface area (Å²) in [4.78, 5) is 4.51. The number of fused-ring (bicyclic) bond motifs is 1. The van der Waals surface area contributed by atoms with Crippen molar-refractivity contribution in [1.82, 2.24) is 21.1 Å². The van der Waals surface area contributed by atoms with Crippen LogP contribution in [0.15, 0.2) is 32.8 Å². The maximum absolute atomic E-state index is 13.5. The lowest BCUT2D eigenvalue weighted by Gasteiger charge is -2.09. The molecule has 2 aromatic rings. The average molecular weight is 351 g/mol. The number of hydrogen-bond acceptors (Lipinski definition) is 7. The van der Waals surface area contributed by atoms with Gasteiger partial charge in [-0.15, -0.1) is 0 Å². The van der Waals surface area contributed by atoms with Gasteiger partial charge in [0.1, 0.15) is 5.82 Å². The fourth-order valence-electron chi connectivity index (χ4n) is 2.65. The minimum atomic E-state index is -0.291. The molecule has 128 valence electrons. The zero-order chi connectivity index (χ0) is 16.9. The molecule has 1 atom stereocenters. The van der Waals surface area contributed by atoms with Crippen molar-refractivity contribution in [3.05, 3.63) is 40.8 Å². The SMILES string of the molecule is CNCCSc1nonc1C(=NC1CCc2ccc(F)cc21)NO. The van der Waals surface area contributed by atoms with Crippen LogP contribution >= 0.6 is 11.8 Å². The summed E-state index contributed by atoms with van der Waals surface area (Å²) < 4.78 is 18.3. The van der Waals surface area contributed by atoms with Gasteiger partial charge in [0.25, 0.3) is 0 Å². The van der Waals surface area contributed by atoms with E-state index in [4.69, 9.17) is 4.63 Å². The van der Waals surface area contributed by atoms with Crippen molar-refractivity contribution in [2.24, 2.45) is 4.99 Å². The lowest BCUT2D eigenvalue weighted by molar-refractivity contribution is 0.233. The molecule has 24 heavy (non-hydrogen) atoms. The topological polar surface area (TPSA) is 95.6 Å². The number of aryl methyl sites for hydroxylation is 1. The molecule has 9 heteroatoms. The third-order valence-corrected chi connectivity index (χ3v) is 4.77. The lowest BCUT2D eigenvalue weighted by atomic mass is 10.1. The highest BCUT2D eigenvalue weighted by molar-refractivity contribution is 7.99. The van der Waals surface area contributed by atoms with Gasteiger partial charge in [-0.2, -0.15) is 0 Å². The van der Waals surface area contributed by atoms with Gasteiger partial charge in [-0.25, -0.2) is 9.02 Å². The minimum absolute atomic E-state index is 0.172. The van der Waals surface area contributed by atoms with Crippen LogP contribution in [0.4, 0.5) is 4.39 Å². The maximum Gasteiger partial charge on any atom is 0.185 e. The van der Waals surface area contributed by atoms with Crippen LogP contribution in [0.3, 0.4) is 0 Å².